The lowest BCUT2D eigenvalue weighted by Gasteiger charge is -2.28. The van der Waals surface area contributed by atoms with Gasteiger partial charge in [0, 0.05) is 50.4 Å². The smallest absolute Gasteiger partial charge is 0.138 e. The second-order valence-electron chi connectivity index (χ2n) is 5.69. The van der Waals surface area contributed by atoms with Crippen LogP contribution < -0.4 is 15.5 Å². The highest BCUT2D eigenvalue weighted by atomic mass is 15.2. The number of hydrogen-bond acceptors (Lipinski definition) is 5. The Morgan fingerprint density at radius 1 is 1.22 bits per heavy atom. The Hall–Kier alpha value is -2.60. The van der Waals surface area contributed by atoms with Gasteiger partial charge in [0.2, 0.25) is 0 Å². The molecule has 1 aliphatic heterocycles. The van der Waals surface area contributed by atoms with Gasteiger partial charge in [-0.3, -0.25) is 0 Å². The summed E-state index contributed by atoms with van der Waals surface area (Å²) in [6.07, 6.45) is 3.81. The van der Waals surface area contributed by atoms with Crippen LogP contribution >= 0.6 is 0 Å². The standard InChI is InChI=1S/C17H20N6/c1-18-12-9-13-14(11-21-17(13)20-10-12)15-3-2-4-16(22-15)23-7-5-19-6-8-23/h2-4,9-11,18-19H,5-8H2,1H3,(H,20,21). The molecule has 3 aromatic rings. The van der Waals surface area contributed by atoms with Crippen LogP contribution in [0.1, 0.15) is 0 Å². The minimum absolute atomic E-state index is 0.883. The van der Waals surface area contributed by atoms with Gasteiger partial charge < -0.3 is 20.5 Å². The number of hydrogen-bond donors (Lipinski definition) is 3. The van der Waals surface area contributed by atoms with Gasteiger partial charge in [-0.1, -0.05) is 6.07 Å². The highest BCUT2D eigenvalue weighted by molar-refractivity contribution is 5.94. The molecule has 1 saturated heterocycles. The number of fused-ring (bicyclic) bond motifs is 1. The van der Waals surface area contributed by atoms with Crippen LogP contribution in [0.3, 0.4) is 0 Å². The first-order valence-electron chi connectivity index (χ1n) is 7.93. The highest BCUT2D eigenvalue weighted by Gasteiger charge is 2.14. The Morgan fingerprint density at radius 3 is 2.91 bits per heavy atom. The number of pyridine rings is 2. The molecule has 0 unspecified atom stereocenters. The van der Waals surface area contributed by atoms with E-state index in [1.807, 2.05) is 19.4 Å². The fraction of sp³-hybridized carbons (Fsp3) is 0.294. The predicted molar refractivity (Wildman–Crippen MR) is 94.0 cm³/mol. The summed E-state index contributed by atoms with van der Waals surface area (Å²) < 4.78 is 0. The summed E-state index contributed by atoms with van der Waals surface area (Å²) in [6.45, 7) is 4.01. The van der Waals surface area contributed by atoms with Gasteiger partial charge in [0.05, 0.1) is 17.6 Å². The van der Waals surface area contributed by atoms with Gasteiger partial charge in [0.1, 0.15) is 11.5 Å². The van der Waals surface area contributed by atoms with Crippen molar-refractivity contribution in [3.63, 3.8) is 0 Å². The van der Waals surface area contributed by atoms with Gasteiger partial charge in [0.15, 0.2) is 0 Å². The number of nitrogens with one attached hydrogen (secondary N) is 3. The summed E-state index contributed by atoms with van der Waals surface area (Å²) in [5.74, 6) is 1.04. The maximum Gasteiger partial charge on any atom is 0.138 e. The van der Waals surface area contributed by atoms with Gasteiger partial charge in [-0.05, 0) is 18.2 Å². The largest absolute Gasteiger partial charge is 0.387 e. The van der Waals surface area contributed by atoms with E-state index in [2.05, 4.69) is 49.8 Å². The maximum absolute atomic E-state index is 4.87. The summed E-state index contributed by atoms with van der Waals surface area (Å²) in [5, 5.41) is 7.60. The van der Waals surface area contributed by atoms with Crippen molar-refractivity contribution in [3.8, 4) is 11.3 Å². The van der Waals surface area contributed by atoms with Crippen molar-refractivity contribution < 1.29 is 0 Å². The number of aromatic nitrogens is 3. The van der Waals surface area contributed by atoms with E-state index < -0.39 is 0 Å². The summed E-state index contributed by atoms with van der Waals surface area (Å²) in [6, 6.07) is 8.32. The first kappa shape index (κ1) is 14.0. The van der Waals surface area contributed by atoms with Crippen molar-refractivity contribution in [1.82, 2.24) is 20.3 Å². The van der Waals surface area contributed by atoms with Crippen molar-refractivity contribution in [2.75, 3.05) is 43.4 Å². The van der Waals surface area contributed by atoms with Crippen LogP contribution in [0.25, 0.3) is 22.3 Å². The number of aromatic amines is 1. The summed E-state index contributed by atoms with van der Waals surface area (Å²) in [4.78, 5) is 14.9. The topological polar surface area (TPSA) is 68.9 Å². The zero-order chi connectivity index (χ0) is 15.6. The fourth-order valence-corrected chi connectivity index (χ4v) is 3.00. The minimum Gasteiger partial charge on any atom is -0.387 e. The lowest BCUT2D eigenvalue weighted by Crippen LogP contribution is -2.43. The summed E-state index contributed by atoms with van der Waals surface area (Å²) in [5.41, 5.74) is 3.94. The van der Waals surface area contributed by atoms with Crippen molar-refractivity contribution in [3.05, 3.63) is 36.7 Å². The Balaban J connectivity index is 1.75. The molecule has 0 spiro atoms. The number of anilines is 2. The Morgan fingerprint density at radius 2 is 2.09 bits per heavy atom. The van der Waals surface area contributed by atoms with Crippen LogP contribution in [0, 0.1) is 0 Å². The quantitative estimate of drug-likeness (QED) is 0.691. The molecule has 0 aromatic carbocycles. The molecule has 1 aliphatic rings. The van der Waals surface area contributed by atoms with Gasteiger partial charge in [-0.15, -0.1) is 0 Å². The van der Waals surface area contributed by atoms with E-state index in [0.717, 1.165) is 60.0 Å². The molecule has 23 heavy (non-hydrogen) atoms. The van der Waals surface area contributed by atoms with Crippen molar-refractivity contribution in [2.24, 2.45) is 0 Å². The molecular formula is C17H20N6. The van der Waals surface area contributed by atoms with E-state index in [0.29, 0.717) is 0 Å². The van der Waals surface area contributed by atoms with Crippen molar-refractivity contribution in [2.45, 2.75) is 0 Å². The van der Waals surface area contributed by atoms with Crippen LogP contribution in [-0.2, 0) is 0 Å². The van der Waals surface area contributed by atoms with Gasteiger partial charge in [-0.25, -0.2) is 9.97 Å². The predicted octanol–water partition coefficient (Wildman–Crippen LogP) is 2.08. The molecule has 6 nitrogen and oxygen atoms in total. The lowest BCUT2D eigenvalue weighted by molar-refractivity contribution is 0.585. The molecule has 0 atom stereocenters. The fourth-order valence-electron chi connectivity index (χ4n) is 3.00. The SMILES string of the molecule is CNc1cnc2[nH]cc(-c3cccc(N4CCNCC4)n3)c2c1. The zero-order valence-corrected chi connectivity index (χ0v) is 13.1. The number of H-pyrrole nitrogens is 1. The number of piperazine rings is 1. The third-order valence-corrected chi connectivity index (χ3v) is 4.27. The van der Waals surface area contributed by atoms with Crippen LogP contribution in [0.15, 0.2) is 36.7 Å². The third-order valence-electron chi connectivity index (χ3n) is 4.27. The van der Waals surface area contributed by atoms with Crippen molar-refractivity contribution >= 4 is 22.5 Å². The zero-order valence-electron chi connectivity index (χ0n) is 13.1. The van der Waals surface area contributed by atoms with Crippen LogP contribution in [-0.4, -0.2) is 48.2 Å². The molecule has 0 saturated carbocycles. The van der Waals surface area contributed by atoms with Crippen molar-refractivity contribution in [1.29, 1.82) is 0 Å². The lowest BCUT2D eigenvalue weighted by atomic mass is 10.1. The van der Waals surface area contributed by atoms with Gasteiger partial charge >= 0.3 is 0 Å². The van der Waals surface area contributed by atoms with Crippen LogP contribution in [0.2, 0.25) is 0 Å². The first-order chi connectivity index (χ1) is 11.3. The summed E-state index contributed by atoms with van der Waals surface area (Å²) in [7, 11) is 1.90. The highest BCUT2D eigenvalue weighted by Crippen LogP contribution is 2.29. The molecule has 3 N–H and O–H groups in total. The third kappa shape index (κ3) is 2.61. The molecule has 1 fully saturated rings. The molecule has 4 rings (SSSR count). The van der Waals surface area contributed by atoms with E-state index in [4.69, 9.17) is 4.98 Å². The number of rotatable bonds is 3. The monoisotopic (exact) mass is 308 g/mol. The Bertz CT molecular complexity index is 819. The van der Waals surface area contributed by atoms with E-state index in [1.165, 1.54) is 0 Å². The average Bonchev–Trinajstić information content (AvgIpc) is 3.05. The van der Waals surface area contributed by atoms with Gasteiger partial charge in [0.25, 0.3) is 0 Å². The molecule has 3 aromatic heterocycles. The molecule has 6 heteroatoms. The molecule has 0 amide bonds. The first-order valence-corrected chi connectivity index (χ1v) is 7.93. The second kappa shape index (κ2) is 5.89. The normalized spacial score (nSPS) is 15.1. The van der Waals surface area contributed by atoms with E-state index in [1.54, 1.807) is 0 Å². The molecule has 0 radical (unpaired) electrons. The molecule has 118 valence electrons. The number of nitrogens with zero attached hydrogens (tertiary/aromatic N) is 3. The van der Waals surface area contributed by atoms with Gasteiger partial charge in [-0.2, -0.15) is 0 Å². The Kier molecular flexibility index (Phi) is 3.59. The average molecular weight is 308 g/mol. The minimum atomic E-state index is 0.883. The molecular weight excluding hydrogens is 288 g/mol. The van der Waals surface area contributed by atoms with Crippen LogP contribution in [0.5, 0.6) is 0 Å². The van der Waals surface area contributed by atoms with E-state index in [-0.39, 0.29) is 0 Å². The molecule has 0 bridgehead atoms. The molecule has 0 aliphatic carbocycles. The van der Waals surface area contributed by atoms with E-state index in [9.17, 15) is 0 Å². The van der Waals surface area contributed by atoms with E-state index >= 15 is 0 Å². The summed E-state index contributed by atoms with van der Waals surface area (Å²) >= 11 is 0. The maximum atomic E-state index is 4.87. The van der Waals surface area contributed by atoms with Crippen LogP contribution in [0.4, 0.5) is 11.5 Å². The Labute approximate surface area is 134 Å². The second-order valence-corrected chi connectivity index (χ2v) is 5.69. The molecule has 4 heterocycles.